The topological polar surface area (TPSA) is 79.3 Å². The average Bonchev–Trinajstić information content (AvgIpc) is 2.45. The number of allylic oxidation sites excluding steroid dienone is 1. The maximum Gasteiger partial charge on any atom is 0.333 e. The molecule has 1 aromatic heterocycles. The highest BCUT2D eigenvalue weighted by molar-refractivity contribution is 6.29. The van der Waals surface area contributed by atoms with Gasteiger partial charge in [-0.2, -0.15) is 0 Å². The van der Waals surface area contributed by atoms with E-state index in [4.69, 9.17) is 11.6 Å². The molecule has 1 rings (SSSR count). The highest BCUT2D eigenvalue weighted by atomic mass is 35.5. The van der Waals surface area contributed by atoms with E-state index < -0.39 is 5.97 Å². The zero-order valence-electron chi connectivity index (χ0n) is 13.7. The van der Waals surface area contributed by atoms with Crippen LogP contribution in [0, 0.1) is 5.92 Å². The van der Waals surface area contributed by atoms with Gasteiger partial charge in [0.25, 0.3) is 0 Å². The molecule has 1 heterocycles. The Bertz CT molecular complexity index is 580. The fourth-order valence-electron chi connectivity index (χ4n) is 2.16. The lowest BCUT2D eigenvalue weighted by atomic mass is 10.0. The molecular formula is C17H23ClN2O3. The first-order chi connectivity index (χ1) is 10.8. The Morgan fingerprint density at radius 2 is 2.04 bits per heavy atom. The van der Waals surface area contributed by atoms with Gasteiger partial charge in [-0.25, -0.2) is 9.78 Å². The number of nitrogens with zero attached hydrogens (tertiary/aromatic N) is 1. The quantitative estimate of drug-likeness (QED) is 0.561. The first kappa shape index (κ1) is 19.2. The van der Waals surface area contributed by atoms with E-state index in [1.54, 1.807) is 18.3 Å². The summed E-state index contributed by atoms with van der Waals surface area (Å²) < 4.78 is 0. The molecule has 0 aliphatic rings. The highest BCUT2D eigenvalue weighted by Crippen LogP contribution is 2.16. The van der Waals surface area contributed by atoms with Gasteiger partial charge in [0.2, 0.25) is 5.91 Å². The van der Waals surface area contributed by atoms with Crippen LogP contribution in [0.4, 0.5) is 0 Å². The van der Waals surface area contributed by atoms with Crippen LogP contribution in [0.5, 0.6) is 0 Å². The van der Waals surface area contributed by atoms with Gasteiger partial charge in [-0.1, -0.05) is 44.9 Å². The number of carboxylic acids is 1. The molecule has 23 heavy (non-hydrogen) atoms. The Morgan fingerprint density at radius 1 is 1.35 bits per heavy atom. The average molecular weight is 339 g/mol. The Morgan fingerprint density at radius 3 is 2.52 bits per heavy atom. The zero-order chi connectivity index (χ0) is 17.4. The summed E-state index contributed by atoms with van der Waals surface area (Å²) in [4.78, 5) is 27.6. The number of halogens is 1. The van der Waals surface area contributed by atoms with Crippen molar-refractivity contribution < 1.29 is 14.7 Å². The number of aliphatic carboxylic acids is 1. The van der Waals surface area contributed by atoms with Crippen LogP contribution in [0.2, 0.25) is 5.15 Å². The summed E-state index contributed by atoms with van der Waals surface area (Å²) in [5.41, 5.74) is 1.40. The molecule has 5 nitrogen and oxygen atoms in total. The monoisotopic (exact) mass is 338 g/mol. The third-order valence-corrected chi connectivity index (χ3v) is 3.40. The van der Waals surface area contributed by atoms with Gasteiger partial charge in [-0.3, -0.25) is 4.79 Å². The largest absolute Gasteiger partial charge is 0.478 e. The molecule has 1 amide bonds. The van der Waals surface area contributed by atoms with Crippen LogP contribution in [0.15, 0.2) is 29.6 Å². The van der Waals surface area contributed by atoms with Crippen LogP contribution >= 0.6 is 11.6 Å². The van der Waals surface area contributed by atoms with Gasteiger partial charge in [-0.05, 0) is 24.0 Å². The van der Waals surface area contributed by atoms with E-state index >= 15 is 0 Å². The summed E-state index contributed by atoms with van der Waals surface area (Å²) in [6.07, 6.45) is 3.35. The smallest absolute Gasteiger partial charge is 0.333 e. The second-order valence-electron chi connectivity index (χ2n) is 5.82. The predicted molar refractivity (Wildman–Crippen MR) is 90.1 cm³/mol. The minimum atomic E-state index is -1.03. The van der Waals surface area contributed by atoms with Crippen molar-refractivity contribution in [2.24, 2.45) is 5.92 Å². The molecule has 0 atom stereocenters. The molecular weight excluding hydrogens is 316 g/mol. The van der Waals surface area contributed by atoms with Crippen molar-refractivity contribution in [1.29, 1.82) is 0 Å². The van der Waals surface area contributed by atoms with E-state index in [1.807, 2.05) is 20.8 Å². The molecule has 0 bridgehead atoms. The molecule has 6 heteroatoms. The fraction of sp³-hybridized carbons (Fsp3) is 0.471. The first-order valence-corrected chi connectivity index (χ1v) is 8.06. The molecule has 0 radical (unpaired) electrons. The molecule has 0 aromatic carbocycles. The van der Waals surface area contributed by atoms with Crippen LogP contribution in [-0.4, -0.2) is 22.0 Å². The van der Waals surface area contributed by atoms with Crippen molar-refractivity contribution in [2.45, 2.75) is 46.5 Å². The molecule has 1 aromatic rings. The predicted octanol–water partition coefficient (Wildman–Crippen LogP) is 3.58. The van der Waals surface area contributed by atoms with E-state index in [1.165, 1.54) is 0 Å². The summed E-state index contributed by atoms with van der Waals surface area (Å²) in [5, 5.41) is 12.7. The Hall–Kier alpha value is -1.88. The van der Waals surface area contributed by atoms with Crippen molar-refractivity contribution in [3.05, 3.63) is 40.3 Å². The van der Waals surface area contributed by atoms with Crippen molar-refractivity contribution in [3.8, 4) is 0 Å². The maximum atomic E-state index is 12.0. The SMILES string of the molecule is CCC/C(NC(=O)CC(C)C)=C(\Cc1ccc(Cl)nc1)C(=O)O. The number of hydrogen-bond donors (Lipinski definition) is 2. The van der Waals surface area contributed by atoms with Gasteiger partial charge in [0.1, 0.15) is 5.15 Å². The van der Waals surface area contributed by atoms with E-state index in [2.05, 4.69) is 10.3 Å². The van der Waals surface area contributed by atoms with Gasteiger partial charge in [-0.15, -0.1) is 0 Å². The lowest BCUT2D eigenvalue weighted by Crippen LogP contribution is -2.27. The molecule has 0 spiro atoms. The standard InChI is InChI=1S/C17H23ClN2O3/c1-4-5-14(20-16(21)8-11(2)3)13(17(22)23)9-12-6-7-15(18)19-10-12/h6-7,10-11H,4-5,8-9H2,1-3H3,(H,20,21)(H,22,23)/b14-13-. The van der Waals surface area contributed by atoms with E-state index in [0.717, 1.165) is 12.0 Å². The number of nitrogens with one attached hydrogen (secondary N) is 1. The van der Waals surface area contributed by atoms with Crippen molar-refractivity contribution in [2.75, 3.05) is 0 Å². The van der Waals surface area contributed by atoms with Crippen LogP contribution in [0.25, 0.3) is 0 Å². The molecule has 0 saturated heterocycles. The number of carbonyl (C=O) groups excluding carboxylic acids is 1. The minimum Gasteiger partial charge on any atom is -0.478 e. The zero-order valence-corrected chi connectivity index (χ0v) is 14.5. The number of aromatic nitrogens is 1. The van der Waals surface area contributed by atoms with Gasteiger partial charge < -0.3 is 10.4 Å². The number of hydrogen-bond acceptors (Lipinski definition) is 3. The third-order valence-electron chi connectivity index (χ3n) is 3.18. The Balaban J connectivity index is 3.05. The molecule has 0 aliphatic heterocycles. The summed E-state index contributed by atoms with van der Waals surface area (Å²) in [7, 11) is 0. The number of pyridine rings is 1. The molecule has 126 valence electrons. The highest BCUT2D eigenvalue weighted by Gasteiger charge is 2.17. The lowest BCUT2D eigenvalue weighted by molar-refractivity contribution is -0.132. The summed E-state index contributed by atoms with van der Waals surface area (Å²) in [5.74, 6) is -0.976. The Labute approximate surface area is 141 Å². The fourth-order valence-corrected chi connectivity index (χ4v) is 2.27. The molecule has 0 aliphatic carbocycles. The normalized spacial score (nSPS) is 12.0. The maximum absolute atomic E-state index is 12.0. The van der Waals surface area contributed by atoms with Crippen LogP contribution < -0.4 is 5.32 Å². The van der Waals surface area contributed by atoms with E-state index in [9.17, 15) is 14.7 Å². The molecule has 0 unspecified atom stereocenters. The second-order valence-corrected chi connectivity index (χ2v) is 6.21. The molecule has 0 fully saturated rings. The molecule has 2 N–H and O–H groups in total. The molecule has 0 saturated carbocycles. The summed E-state index contributed by atoms with van der Waals surface area (Å²) >= 11 is 5.74. The van der Waals surface area contributed by atoms with E-state index in [0.29, 0.717) is 23.7 Å². The summed E-state index contributed by atoms with van der Waals surface area (Å²) in [6.45, 7) is 5.83. The minimum absolute atomic E-state index is 0.156. The lowest BCUT2D eigenvalue weighted by Gasteiger charge is -2.14. The first-order valence-electron chi connectivity index (χ1n) is 7.69. The van der Waals surface area contributed by atoms with Crippen molar-refractivity contribution >= 4 is 23.5 Å². The number of carbonyl (C=O) groups is 2. The number of carboxylic acid groups (broad SMARTS) is 1. The van der Waals surface area contributed by atoms with Crippen molar-refractivity contribution in [3.63, 3.8) is 0 Å². The number of amides is 1. The van der Waals surface area contributed by atoms with E-state index in [-0.39, 0.29) is 23.8 Å². The van der Waals surface area contributed by atoms with Crippen LogP contribution in [-0.2, 0) is 16.0 Å². The Kier molecular flexibility index (Phi) is 7.75. The number of rotatable bonds is 8. The van der Waals surface area contributed by atoms with Crippen LogP contribution in [0.1, 0.15) is 45.6 Å². The van der Waals surface area contributed by atoms with Gasteiger partial charge in [0.15, 0.2) is 0 Å². The third kappa shape index (κ3) is 6.82. The van der Waals surface area contributed by atoms with Gasteiger partial charge in [0.05, 0.1) is 5.57 Å². The van der Waals surface area contributed by atoms with Gasteiger partial charge in [0, 0.05) is 24.7 Å². The second kappa shape index (κ2) is 9.30. The summed E-state index contributed by atoms with van der Waals surface area (Å²) in [6, 6.07) is 3.35. The van der Waals surface area contributed by atoms with Crippen LogP contribution in [0.3, 0.4) is 0 Å². The van der Waals surface area contributed by atoms with Crippen molar-refractivity contribution in [1.82, 2.24) is 10.3 Å². The van der Waals surface area contributed by atoms with Gasteiger partial charge >= 0.3 is 5.97 Å².